The van der Waals surface area contributed by atoms with Gasteiger partial charge in [-0.25, -0.2) is 0 Å². The van der Waals surface area contributed by atoms with E-state index in [2.05, 4.69) is 0 Å². The monoisotopic (exact) mass is 192 g/mol. The van der Waals surface area contributed by atoms with Crippen molar-refractivity contribution in [3.63, 3.8) is 0 Å². The molecule has 0 amide bonds. The van der Waals surface area contributed by atoms with Crippen LogP contribution < -0.4 is 4.74 Å². The normalized spacial score (nSPS) is 13.9. The Kier molecular flexibility index (Phi) is 3.72. The van der Waals surface area contributed by atoms with Crippen molar-refractivity contribution in [2.75, 3.05) is 7.11 Å². The van der Waals surface area contributed by atoms with Crippen molar-refractivity contribution in [1.29, 1.82) is 0 Å². The summed E-state index contributed by atoms with van der Waals surface area (Å²) in [5, 5.41) is 9.29. The molecule has 14 heavy (non-hydrogen) atoms. The number of ether oxygens (including phenoxy) is 1. The first-order valence-corrected chi connectivity index (χ1v) is 4.64. The van der Waals surface area contributed by atoms with Crippen LogP contribution in [-0.4, -0.2) is 18.3 Å². The van der Waals surface area contributed by atoms with Gasteiger partial charge >= 0.3 is 0 Å². The second kappa shape index (κ2) is 4.82. The molecule has 0 fully saturated rings. The molecule has 76 valence electrons. The summed E-state index contributed by atoms with van der Waals surface area (Å²) in [6.45, 7) is 3.67. The highest BCUT2D eigenvalue weighted by atomic mass is 16.5. The summed E-state index contributed by atoms with van der Waals surface area (Å²) in [5.41, 5.74) is 2.03. The number of rotatable bonds is 3. The Balaban J connectivity index is 2.83. The largest absolute Gasteiger partial charge is 0.497 e. The molecule has 1 aromatic carbocycles. The van der Waals surface area contributed by atoms with Crippen LogP contribution >= 0.6 is 0 Å². The van der Waals surface area contributed by atoms with Crippen molar-refractivity contribution < 1.29 is 9.84 Å². The van der Waals surface area contributed by atoms with E-state index in [0.29, 0.717) is 0 Å². The molecule has 0 saturated heterocycles. The van der Waals surface area contributed by atoms with Crippen molar-refractivity contribution in [3.05, 3.63) is 35.4 Å². The maximum atomic E-state index is 9.29. The predicted molar refractivity (Wildman–Crippen MR) is 58.3 cm³/mol. The Morgan fingerprint density at radius 3 is 2.36 bits per heavy atom. The Morgan fingerprint density at radius 2 is 1.93 bits per heavy atom. The van der Waals surface area contributed by atoms with Crippen LogP contribution in [0.1, 0.15) is 19.4 Å². The summed E-state index contributed by atoms with van der Waals surface area (Å²) in [6.07, 6.45) is 1.57. The molecule has 0 heterocycles. The lowest BCUT2D eigenvalue weighted by Crippen LogP contribution is -2.00. The third-order valence-corrected chi connectivity index (χ3v) is 2.17. The quantitative estimate of drug-likeness (QED) is 0.797. The summed E-state index contributed by atoms with van der Waals surface area (Å²) >= 11 is 0. The summed E-state index contributed by atoms with van der Waals surface area (Å²) < 4.78 is 5.05. The molecule has 0 radical (unpaired) electrons. The number of aliphatic hydroxyl groups is 1. The Morgan fingerprint density at radius 1 is 1.36 bits per heavy atom. The molecule has 0 aliphatic carbocycles. The Bertz CT molecular complexity index is 310. The fourth-order valence-corrected chi connectivity index (χ4v) is 1.08. The van der Waals surface area contributed by atoms with Crippen molar-refractivity contribution in [1.82, 2.24) is 0 Å². The number of benzene rings is 1. The molecule has 0 aromatic heterocycles. The van der Waals surface area contributed by atoms with Gasteiger partial charge in [0.2, 0.25) is 0 Å². The van der Waals surface area contributed by atoms with Gasteiger partial charge in [-0.05, 0) is 37.1 Å². The molecule has 0 unspecified atom stereocenters. The van der Waals surface area contributed by atoms with Gasteiger partial charge < -0.3 is 9.84 Å². The van der Waals surface area contributed by atoms with E-state index in [9.17, 15) is 5.11 Å². The third kappa shape index (κ3) is 2.89. The summed E-state index contributed by atoms with van der Waals surface area (Å²) in [7, 11) is 1.64. The van der Waals surface area contributed by atoms with Gasteiger partial charge in [0.05, 0.1) is 13.2 Å². The third-order valence-electron chi connectivity index (χ3n) is 2.17. The van der Waals surface area contributed by atoms with Gasteiger partial charge in [-0.1, -0.05) is 18.2 Å². The summed E-state index contributed by atoms with van der Waals surface area (Å²) in [5.74, 6) is 0.844. The maximum Gasteiger partial charge on any atom is 0.118 e. The van der Waals surface area contributed by atoms with Gasteiger partial charge in [0, 0.05) is 0 Å². The van der Waals surface area contributed by atoms with E-state index in [0.717, 1.165) is 16.9 Å². The zero-order valence-electron chi connectivity index (χ0n) is 8.82. The smallest absolute Gasteiger partial charge is 0.118 e. The van der Waals surface area contributed by atoms with Gasteiger partial charge in [0.15, 0.2) is 0 Å². The Labute approximate surface area is 84.8 Å². The lowest BCUT2D eigenvalue weighted by Gasteiger charge is -2.04. The van der Waals surface area contributed by atoms with Crippen LogP contribution in [-0.2, 0) is 0 Å². The lowest BCUT2D eigenvalue weighted by molar-refractivity contribution is 0.232. The minimum Gasteiger partial charge on any atom is -0.497 e. The molecule has 1 N–H and O–H groups in total. The number of methoxy groups -OCH3 is 1. The molecule has 0 aliphatic rings. The molecule has 1 rings (SSSR count). The highest BCUT2D eigenvalue weighted by Crippen LogP contribution is 2.14. The minimum atomic E-state index is -0.392. The summed E-state index contributed by atoms with van der Waals surface area (Å²) in [6, 6.07) is 7.73. The number of aliphatic hydroxyl groups excluding tert-OH is 1. The second-order valence-corrected chi connectivity index (χ2v) is 3.34. The van der Waals surface area contributed by atoms with E-state index in [1.165, 1.54) is 0 Å². The minimum absolute atomic E-state index is 0.392. The molecular formula is C12H16O2. The molecule has 0 bridgehead atoms. The highest BCUT2D eigenvalue weighted by Gasteiger charge is 1.98. The first kappa shape index (κ1) is 10.8. The first-order chi connectivity index (χ1) is 6.63. The molecule has 1 aromatic rings. The van der Waals surface area contributed by atoms with Crippen LogP contribution in [0, 0.1) is 0 Å². The van der Waals surface area contributed by atoms with Gasteiger partial charge in [0.25, 0.3) is 0 Å². The average molecular weight is 192 g/mol. The van der Waals surface area contributed by atoms with E-state index in [1.54, 1.807) is 14.0 Å². The number of hydrogen-bond acceptors (Lipinski definition) is 2. The SMILES string of the molecule is COc1ccc(/C=C(\C)[C@H](C)O)cc1. The fourth-order valence-electron chi connectivity index (χ4n) is 1.08. The van der Waals surface area contributed by atoms with Crippen LogP contribution in [0.15, 0.2) is 29.8 Å². The van der Waals surface area contributed by atoms with Gasteiger partial charge in [-0.15, -0.1) is 0 Å². The maximum absolute atomic E-state index is 9.29. The molecule has 1 atom stereocenters. The standard InChI is InChI=1S/C12H16O2/c1-9(10(2)13)8-11-4-6-12(14-3)7-5-11/h4-8,10,13H,1-3H3/b9-8+/t10-/m0/s1. The highest BCUT2D eigenvalue weighted by molar-refractivity contribution is 5.54. The lowest BCUT2D eigenvalue weighted by atomic mass is 10.1. The molecule has 0 aliphatic heterocycles. The zero-order chi connectivity index (χ0) is 10.6. The van der Waals surface area contributed by atoms with Gasteiger partial charge in [0.1, 0.15) is 5.75 Å². The second-order valence-electron chi connectivity index (χ2n) is 3.34. The van der Waals surface area contributed by atoms with E-state index in [-0.39, 0.29) is 0 Å². The van der Waals surface area contributed by atoms with E-state index >= 15 is 0 Å². The Hall–Kier alpha value is -1.28. The van der Waals surface area contributed by atoms with Crippen LogP contribution in [0.5, 0.6) is 5.75 Å². The van der Waals surface area contributed by atoms with Crippen LogP contribution in [0.2, 0.25) is 0 Å². The molecule has 0 spiro atoms. The van der Waals surface area contributed by atoms with Crippen LogP contribution in [0.4, 0.5) is 0 Å². The fraction of sp³-hybridized carbons (Fsp3) is 0.333. The van der Waals surface area contributed by atoms with E-state index < -0.39 is 6.10 Å². The van der Waals surface area contributed by atoms with Gasteiger partial charge in [-0.3, -0.25) is 0 Å². The molecule has 2 heteroatoms. The van der Waals surface area contributed by atoms with E-state index in [1.807, 2.05) is 37.3 Å². The van der Waals surface area contributed by atoms with Gasteiger partial charge in [-0.2, -0.15) is 0 Å². The van der Waals surface area contributed by atoms with E-state index in [4.69, 9.17) is 4.74 Å². The molecule has 2 nitrogen and oxygen atoms in total. The number of hydrogen-bond donors (Lipinski definition) is 1. The van der Waals surface area contributed by atoms with Crippen molar-refractivity contribution >= 4 is 6.08 Å². The molecule has 0 saturated carbocycles. The topological polar surface area (TPSA) is 29.5 Å². The summed E-state index contributed by atoms with van der Waals surface area (Å²) in [4.78, 5) is 0. The van der Waals surface area contributed by atoms with Crippen LogP contribution in [0.3, 0.4) is 0 Å². The zero-order valence-corrected chi connectivity index (χ0v) is 8.82. The average Bonchev–Trinajstić information content (AvgIpc) is 2.19. The van der Waals surface area contributed by atoms with Crippen molar-refractivity contribution in [3.8, 4) is 5.75 Å². The predicted octanol–water partition coefficient (Wildman–Crippen LogP) is 2.48. The van der Waals surface area contributed by atoms with Crippen LogP contribution in [0.25, 0.3) is 6.08 Å². The first-order valence-electron chi connectivity index (χ1n) is 4.64. The van der Waals surface area contributed by atoms with Crippen molar-refractivity contribution in [2.45, 2.75) is 20.0 Å². The van der Waals surface area contributed by atoms with Crippen molar-refractivity contribution in [2.24, 2.45) is 0 Å². The molecular weight excluding hydrogens is 176 g/mol.